The zero-order valence-corrected chi connectivity index (χ0v) is 13.4. The minimum absolute atomic E-state index is 0.141. The van der Waals surface area contributed by atoms with Crippen LogP contribution in [0.15, 0.2) is 5.10 Å². The van der Waals surface area contributed by atoms with Crippen molar-refractivity contribution in [3.05, 3.63) is 0 Å². The Morgan fingerprint density at radius 3 is 3.00 bits per heavy atom. The number of nitrogens with one attached hydrogen (secondary N) is 2. The Bertz CT molecular complexity index is 437. The second kappa shape index (κ2) is 8.24. The minimum atomic E-state index is -0.199. The van der Waals surface area contributed by atoms with Crippen molar-refractivity contribution in [1.29, 1.82) is 0 Å². The molecule has 0 unspecified atom stereocenters. The summed E-state index contributed by atoms with van der Waals surface area (Å²) < 4.78 is 5.75. The SMILES string of the molecule is CC(C)CN1CCO[C@H](CCNC(=O)C2=NNC(=O)CC2)C1. The van der Waals surface area contributed by atoms with Crippen LogP contribution in [0.5, 0.6) is 0 Å². The number of morpholine rings is 1. The Morgan fingerprint density at radius 2 is 2.32 bits per heavy atom. The van der Waals surface area contributed by atoms with Crippen molar-refractivity contribution in [2.24, 2.45) is 11.0 Å². The van der Waals surface area contributed by atoms with Gasteiger partial charge in [0.25, 0.3) is 5.91 Å². The van der Waals surface area contributed by atoms with Crippen molar-refractivity contribution in [2.45, 2.75) is 39.2 Å². The molecule has 2 amide bonds. The third-order valence-corrected chi connectivity index (χ3v) is 3.76. The summed E-state index contributed by atoms with van der Waals surface area (Å²) >= 11 is 0. The van der Waals surface area contributed by atoms with Crippen molar-refractivity contribution in [3.8, 4) is 0 Å². The van der Waals surface area contributed by atoms with E-state index in [1.807, 2.05) is 0 Å². The number of ether oxygens (including phenoxy) is 1. The molecule has 0 aromatic carbocycles. The van der Waals surface area contributed by atoms with E-state index in [1.54, 1.807) is 0 Å². The molecule has 1 atom stereocenters. The molecule has 7 heteroatoms. The van der Waals surface area contributed by atoms with Crippen LogP contribution < -0.4 is 10.7 Å². The van der Waals surface area contributed by atoms with Crippen LogP contribution in [0.2, 0.25) is 0 Å². The standard InChI is InChI=1S/C15H26N4O3/c1-11(2)9-19-7-8-22-12(10-19)5-6-16-15(21)13-3-4-14(20)18-17-13/h11-12H,3-10H2,1-2H3,(H,16,21)(H,18,20)/t12-/m1/s1. The lowest BCUT2D eigenvalue weighted by Crippen LogP contribution is -2.45. The van der Waals surface area contributed by atoms with Gasteiger partial charge in [0.15, 0.2) is 0 Å². The van der Waals surface area contributed by atoms with Gasteiger partial charge in [0.2, 0.25) is 5.91 Å². The van der Waals surface area contributed by atoms with E-state index in [-0.39, 0.29) is 17.9 Å². The highest BCUT2D eigenvalue weighted by Crippen LogP contribution is 2.10. The van der Waals surface area contributed by atoms with E-state index in [1.165, 1.54) is 0 Å². The maximum Gasteiger partial charge on any atom is 0.267 e. The third kappa shape index (κ3) is 5.38. The van der Waals surface area contributed by atoms with Crippen LogP contribution >= 0.6 is 0 Å². The van der Waals surface area contributed by atoms with Crippen molar-refractivity contribution < 1.29 is 14.3 Å². The molecule has 0 radical (unpaired) electrons. The summed E-state index contributed by atoms with van der Waals surface area (Å²) in [6.45, 7) is 8.74. The van der Waals surface area contributed by atoms with E-state index in [9.17, 15) is 9.59 Å². The van der Waals surface area contributed by atoms with Gasteiger partial charge in [0.1, 0.15) is 5.71 Å². The van der Waals surface area contributed by atoms with Crippen molar-refractivity contribution in [1.82, 2.24) is 15.6 Å². The van der Waals surface area contributed by atoms with Gasteiger partial charge in [0.05, 0.1) is 12.7 Å². The van der Waals surface area contributed by atoms with Crippen LogP contribution in [-0.4, -0.2) is 61.3 Å². The highest BCUT2D eigenvalue weighted by atomic mass is 16.5. The Balaban J connectivity index is 1.67. The fourth-order valence-electron chi connectivity index (χ4n) is 2.72. The molecule has 2 heterocycles. The van der Waals surface area contributed by atoms with Crippen LogP contribution in [0, 0.1) is 5.92 Å². The zero-order chi connectivity index (χ0) is 15.9. The second-order valence-electron chi connectivity index (χ2n) is 6.28. The Labute approximate surface area is 131 Å². The Morgan fingerprint density at radius 1 is 1.50 bits per heavy atom. The average molecular weight is 310 g/mol. The van der Waals surface area contributed by atoms with E-state index < -0.39 is 0 Å². The molecule has 124 valence electrons. The number of hydrogen-bond donors (Lipinski definition) is 2. The van der Waals surface area contributed by atoms with Crippen molar-refractivity contribution in [2.75, 3.05) is 32.8 Å². The predicted molar refractivity (Wildman–Crippen MR) is 83.5 cm³/mol. The number of amides is 2. The molecule has 0 saturated carbocycles. The average Bonchev–Trinajstić information content (AvgIpc) is 2.47. The van der Waals surface area contributed by atoms with E-state index in [0.29, 0.717) is 31.0 Å². The molecule has 7 nitrogen and oxygen atoms in total. The lowest BCUT2D eigenvalue weighted by Gasteiger charge is -2.34. The molecule has 1 fully saturated rings. The van der Waals surface area contributed by atoms with Gasteiger partial charge in [-0.3, -0.25) is 14.5 Å². The number of nitrogens with zero attached hydrogens (tertiary/aromatic N) is 2. The van der Waals surface area contributed by atoms with Crippen LogP contribution in [0.25, 0.3) is 0 Å². The third-order valence-electron chi connectivity index (χ3n) is 3.76. The van der Waals surface area contributed by atoms with Gasteiger partial charge in [0, 0.05) is 39.0 Å². The zero-order valence-electron chi connectivity index (χ0n) is 13.4. The summed E-state index contributed by atoms with van der Waals surface area (Å²) in [6, 6.07) is 0. The van der Waals surface area contributed by atoms with Gasteiger partial charge < -0.3 is 10.1 Å². The molecule has 2 aliphatic heterocycles. The summed E-state index contributed by atoms with van der Waals surface area (Å²) in [5.41, 5.74) is 2.73. The second-order valence-corrected chi connectivity index (χ2v) is 6.28. The van der Waals surface area contributed by atoms with E-state index in [4.69, 9.17) is 4.74 Å². The summed E-state index contributed by atoms with van der Waals surface area (Å²) in [4.78, 5) is 25.3. The number of hydrogen-bond acceptors (Lipinski definition) is 5. The lowest BCUT2D eigenvalue weighted by molar-refractivity contribution is -0.121. The quantitative estimate of drug-likeness (QED) is 0.730. The van der Waals surface area contributed by atoms with Gasteiger partial charge in [-0.2, -0.15) is 5.10 Å². The monoisotopic (exact) mass is 310 g/mol. The summed E-state index contributed by atoms with van der Waals surface area (Å²) in [6.07, 6.45) is 1.68. The first-order valence-corrected chi connectivity index (χ1v) is 8.02. The summed E-state index contributed by atoms with van der Waals surface area (Å²) in [5, 5.41) is 6.64. The molecule has 2 rings (SSSR count). The molecule has 0 aromatic heterocycles. The maximum absolute atomic E-state index is 11.9. The molecule has 22 heavy (non-hydrogen) atoms. The Hall–Kier alpha value is -1.47. The van der Waals surface area contributed by atoms with Crippen LogP contribution in [0.1, 0.15) is 33.1 Å². The first-order chi connectivity index (χ1) is 10.5. The molecule has 2 N–H and O–H groups in total. The molecule has 0 spiro atoms. The number of hydrazone groups is 1. The number of carbonyl (C=O) groups is 2. The van der Waals surface area contributed by atoms with Gasteiger partial charge in [-0.15, -0.1) is 0 Å². The lowest BCUT2D eigenvalue weighted by atomic mass is 10.1. The van der Waals surface area contributed by atoms with Gasteiger partial charge in [-0.05, 0) is 12.3 Å². The molecule has 1 saturated heterocycles. The van der Waals surface area contributed by atoms with Crippen LogP contribution in [0.4, 0.5) is 0 Å². The Kier molecular flexibility index (Phi) is 6.33. The predicted octanol–water partition coefficient (Wildman–Crippen LogP) is 0.116. The fourth-order valence-corrected chi connectivity index (χ4v) is 2.72. The molecular weight excluding hydrogens is 284 g/mol. The van der Waals surface area contributed by atoms with Gasteiger partial charge in [-0.25, -0.2) is 5.43 Å². The van der Waals surface area contributed by atoms with Gasteiger partial charge >= 0.3 is 0 Å². The maximum atomic E-state index is 11.9. The van der Waals surface area contributed by atoms with Crippen LogP contribution in [-0.2, 0) is 14.3 Å². The van der Waals surface area contributed by atoms with Crippen LogP contribution in [0.3, 0.4) is 0 Å². The van der Waals surface area contributed by atoms with E-state index >= 15 is 0 Å². The first-order valence-electron chi connectivity index (χ1n) is 8.02. The smallest absolute Gasteiger partial charge is 0.267 e. The first kappa shape index (κ1) is 16.9. The highest BCUT2D eigenvalue weighted by molar-refractivity contribution is 6.39. The molecule has 0 bridgehead atoms. The van der Waals surface area contributed by atoms with Crippen molar-refractivity contribution >= 4 is 17.5 Å². The van der Waals surface area contributed by atoms with E-state index in [0.717, 1.165) is 32.7 Å². The number of rotatable bonds is 6. The topological polar surface area (TPSA) is 83.0 Å². The summed E-state index contributed by atoms with van der Waals surface area (Å²) in [7, 11) is 0. The molecule has 0 aromatic rings. The summed E-state index contributed by atoms with van der Waals surface area (Å²) in [5.74, 6) is 0.310. The fraction of sp³-hybridized carbons (Fsp3) is 0.800. The van der Waals surface area contributed by atoms with E-state index in [2.05, 4.69) is 34.6 Å². The van der Waals surface area contributed by atoms with Crippen molar-refractivity contribution in [3.63, 3.8) is 0 Å². The minimum Gasteiger partial charge on any atom is -0.375 e. The largest absolute Gasteiger partial charge is 0.375 e. The molecule has 2 aliphatic rings. The number of carbonyl (C=O) groups excluding carboxylic acids is 2. The molecule has 0 aliphatic carbocycles. The normalized spacial score (nSPS) is 23.1. The van der Waals surface area contributed by atoms with Gasteiger partial charge in [-0.1, -0.05) is 13.8 Å². The molecular formula is C15H26N4O3. The highest BCUT2D eigenvalue weighted by Gasteiger charge is 2.22.